The van der Waals surface area contributed by atoms with Gasteiger partial charge in [-0.25, -0.2) is 9.66 Å². The maximum Gasteiger partial charge on any atom is 0.292 e. The van der Waals surface area contributed by atoms with Crippen LogP contribution in [-0.2, 0) is 0 Å². The van der Waals surface area contributed by atoms with Gasteiger partial charge in [0.25, 0.3) is 5.91 Å². The van der Waals surface area contributed by atoms with Crippen LogP contribution in [0.4, 0.5) is 0 Å². The van der Waals surface area contributed by atoms with Crippen molar-refractivity contribution in [1.29, 1.82) is 0 Å². The van der Waals surface area contributed by atoms with Crippen molar-refractivity contribution >= 4 is 16.9 Å². The molecule has 0 radical (unpaired) electrons. The van der Waals surface area contributed by atoms with Crippen molar-refractivity contribution in [2.75, 3.05) is 5.43 Å². The average molecular weight is 304 g/mol. The fourth-order valence-corrected chi connectivity index (χ4v) is 2.27. The van der Waals surface area contributed by atoms with Gasteiger partial charge in [-0.3, -0.25) is 10.2 Å². The fraction of sp³-hybridized carbons (Fsp3) is 0. The number of carbonyl (C=O) groups is 1. The first-order valence-electron chi connectivity index (χ1n) is 7.02. The van der Waals surface area contributed by atoms with E-state index in [1.807, 2.05) is 54.6 Å². The van der Waals surface area contributed by atoms with Gasteiger partial charge < -0.3 is 0 Å². The molecule has 2 aromatic carbocycles. The molecule has 0 saturated carbocycles. The summed E-state index contributed by atoms with van der Waals surface area (Å²) in [5, 5.41) is 8.32. The number of amides is 1. The van der Waals surface area contributed by atoms with E-state index in [0.717, 1.165) is 16.7 Å². The van der Waals surface area contributed by atoms with E-state index in [4.69, 9.17) is 0 Å². The van der Waals surface area contributed by atoms with E-state index in [0.29, 0.717) is 0 Å². The van der Waals surface area contributed by atoms with Gasteiger partial charge in [-0.1, -0.05) is 30.3 Å². The predicted octanol–water partition coefficient (Wildman–Crippen LogP) is 2.00. The van der Waals surface area contributed by atoms with Crippen LogP contribution in [0.2, 0.25) is 0 Å². The summed E-state index contributed by atoms with van der Waals surface area (Å²) in [6.45, 7) is 0. The molecule has 0 aliphatic rings. The van der Waals surface area contributed by atoms with Crippen molar-refractivity contribution in [2.45, 2.75) is 0 Å². The molecule has 1 N–H and O–H groups in total. The van der Waals surface area contributed by atoms with Crippen LogP contribution in [0.3, 0.4) is 0 Å². The van der Waals surface area contributed by atoms with Crippen molar-refractivity contribution in [2.24, 2.45) is 0 Å². The lowest BCUT2D eigenvalue weighted by Gasteiger charge is -2.04. The summed E-state index contributed by atoms with van der Waals surface area (Å²) in [7, 11) is 0. The highest BCUT2D eigenvalue weighted by Gasteiger charge is 2.13. The van der Waals surface area contributed by atoms with Gasteiger partial charge in [-0.15, -0.1) is 5.10 Å². The standard InChI is InChI=1S/C16H12N6O/c23-16(20-21-11-17-13-8-4-5-9-15(13)21)14-10-18-22(19-14)12-6-2-1-3-7-12/h1-11H,(H,20,23). The first-order valence-corrected chi connectivity index (χ1v) is 7.02. The molecule has 0 fully saturated rings. The van der Waals surface area contributed by atoms with E-state index in [-0.39, 0.29) is 11.6 Å². The molecule has 7 nitrogen and oxygen atoms in total. The Hall–Kier alpha value is -3.48. The van der Waals surface area contributed by atoms with Crippen LogP contribution in [0.15, 0.2) is 67.1 Å². The van der Waals surface area contributed by atoms with E-state index in [2.05, 4.69) is 20.6 Å². The van der Waals surface area contributed by atoms with E-state index >= 15 is 0 Å². The minimum atomic E-state index is -0.352. The summed E-state index contributed by atoms with van der Waals surface area (Å²) in [5.74, 6) is -0.352. The average Bonchev–Trinajstić information content (AvgIpc) is 3.24. The second kappa shape index (κ2) is 5.38. The van der Waals surface area contributed by atoms with E-state index < -0.39 is 0 Å². The molecule has 0 aliphatic carbocycles. The largest absolute Gasteiger partial charge is 0.292 e. The molecule has 2 heterocycles. The number of nitrogens with one attached hydrogen (secondary N) is 1. The normalized spacial score (nSPS) is 10.8. The smallest absolute Gasteiger partial charge is 0.265 e. The molecular formula is C16H12N6O. The Balaban J connectivity index is 1.59. The highest BCUT2D eigenvalue weighted by atomic mass is 16.2. The van der Waals surface area contributed by atoms with Gasteiger partial charge in [0.1, 0.15) is 6.33 Å². The number of carbonyl (C=O) groups excluding carboxylic acids is 1. The number of imidazole rings is 1. The zero-order chi connectivity index (χ0) is 15.6. The molecule has 0 aliphatic heterocycles. The maximum absolute atomic E-state index is 12.3. The van der Waals surface area contributed by atoms with E-state index in [9.17, 15) is 4.79 Å². The molecule has 0 spiro atoms. The molecule has 7 heteroatoms. The van der Waals surface area contributed by atoms with Crippen LogP contribution in [0.1, 0.15) is 10.5 Å². The minimum Gasteiger partial charge on any atom is -0.265 e. The minimum absolute atomic E-state index is 0.228. The van der Waals surface area contributed by atoms with Gasteiger partial charge >= 0.3 is 0 Å². The maximum atomic E-state index is 12.3. The van der Waals surface area contributed by atoms with Crippen LogP contribution < -0.4 is 5.43 Å². The molecule has 1 amide bonds. The zero-order valence-electron chi connectivity index (χ0n) is 12.0. The predicted molar refractivity (Wildman–Crippen MR) is 84.8 cm³/mol. The van der Waals surface area contributed by atoms with E-state index in [1.54, 1.807) is 11.0 Å². The number of benzene rings is 2. The Morgan fingerprint density at radius 2 is 1.78 bits per heavy atom. The quantitative estimate of drug-likeness (QED) is 0.628. The Bertz CT molecular complexity index is 972. The number of aromatic nitrogens is 5. The lowest BCUT2D eigenvalue weighted by atomic mass is 10.3. The SMILES string of the molecule is O=C(Nn1cnc2ccccc21)c1cnn(-c2ccccc2)n1. The highest BCUT2D eigenvalue weighted by molar-refractivity contribution is 5.98. The molecule has 112 valence electrons. The summed E-state index contributed by atoms with van der Waals surface area (Å²) < 4.78 is 1.57. The van der Waals surface area contributed by atoms with Crippen molar-refractivity contribution in [3.63, 3.8) is 0 Å². The third-order valence-electron chi connectivity index (χ3n) is 3.39. The Morgan fingerprint density at radius 3 is 2.65 bits per heavy atom. The Morgan fingerprint density at radius 1 is 1.00 bits per heavy atom. The van der Waals surface area contributed by atoms with Crippen LogP contribution in [0, 0.1) is 0 Å². The van der Waals surface area contributed by atoms with Gasteiger partial charge in [-0.05, 0) is 24.3 Å². The topological polar surface area (TPSA) is 77.6 Å². The Labute approximate surface area is 131 Å². The third kappa shape index (κ3) is 2.44. The van der Waals surface area contributed by atoms with Crippen LogP contribution in [0.25, 0.3) is 16.7 Å². The monoisotopic (exact) mass is 304 g/mol. The molecule has 0 unspecified atom stereocenters. The summed E-state index contributed by atoms with van der Waals surface area (Å²) in [4.78, 5) is 18.0. The number of para-hydroxylation sites is 3. The summed E-state index contributed by atoms with van der Waals surface area (Å²) in [6, 6.07) is 16.9. The lowest BCUT2D eigenvalue weighted by molar-refractivity contribution is 0.100. The van der Waals surface area contributed by atoms with Crippen molar-refractivity contribution < 1.29 is 4.79 Å². The van der Waals surface area contributed by atoms with Crippen molar-refractivity contribution in [3.05, 3.63) is 72.8 Å². The van der Waals surface area contributed by atoms with Gasteiger partial charge in [0.2, 0.25) is 0 Å². The number of hydrogen-bond acceptors (Lipinski definition) is 4. The van der Waals surface area contributed by atoms with Gasteiger partial charge in [0.05, 0.1) is 22.9 Å². The molecular weight excluding hydrogens is 292 g/mol. The fourth-order valence-electron chi connectivity index (χ4n) is 2.27. The molecule has 4 aromatic rings. The second-order valence-corrected chi connectivity index (χ2v) is 4.90. The first kappa shape index (κ1) is 13.2. The second-order valence-electron chi connectivity index (χ2n) is 4.90. The number of fused-ring (bicyclic) bond motifs is 1. The number of hydrogen-bond donors (Lipinski definition) is 1. The first-order chi connectivity index (χ1) is 11.3. The third-order valence-corrected chi connectivity index (χ3v) is 3.39. The van der Waals surface area contributed by atoms with Gasteiger partial charge in [-0.2, -0.15) is 9.90 Å². The van der Waals surface area contributed by atoms with Crippen LogP contribution >= 0.6 is 0 Å². The van der Waals surface area contributed by atoms with Crippen molar-refractivity contribution in [3.8, 4) is 5.69 Å². The molecule has 0 bridgehead atoms. The molecule has 0 saturated heterocycles. The summed E-state index contributed by atoms with van der Waals surface area (Å²) >= 11 is 0. The molecule has 23 heavy (non-hydrogen) atoms. The lowest BCUT2D eigenvalue weighted by Crippen LogP contribution is -2.22. The molecule has 0 atom stereocenters. The van der Waals surface area contributed by atoms with E-state index in [1.165, 1.54) is 11.0 Å². The van der Waals surface area contributed by atoms with Crippen LogP contribution in [-0.4, -0.2) is 30.6 Å². The zero-order valence-corrected chi connectivity index (χ0v) is 12.0. The summed E-state index contributed by atoms with van der Waals surface area (Å²) in [6.07, 6.45) is 2.99. The molecule has 2 aromatic heterocycles. The van der Waals surface area contributed by atoms with Crippen LogP contribution in [0.5, 0.6) is 0 Å². The highest BCUT2D eigenvalue weighted by Crippen LogP contribution is 2.10. The van der Waals surface area contributed by atoms with Crippen molar-refractivity contribution in [1.82, 2.24) is 24.7 Å². The Kier molecular flexibility index (Phi) is 3.09. The van der Waals surface area contributed by atoms with Gasteiger partial charge in [0, 0.05) is 0 Å². The number of nitrogens with zero attached hydrogens (tertiary/aromatic N) is 5. The molecule has 4 rings (SSSR count). The van der Waals surface area contributed by atoms with Gasteiger partial charge in [0.15, 0.2) is 5.69 Å². The summed E-state index contributed by atoms with van der Waals surface area (Å²) in [5.41, 5.74) is 5.39. The number of rotatable bonds is 3.